The Morgan fingerprint density at radius 2 is 1.52 bits per heavy atom. The van der Waals surface area contributed by atoms with Crippen molar-refractivity contribution in [3.8, 4) is 0 Å². The lowest BCUT2D eigenvalue weighted by Gasteiger charge is -2.02. The first kappa shape index (κ1) is 19.1. The molecular weight excluding hydrogens is 328 g/mol. The van der Waals surface area contributed by atoms with E-state index in [-0.39, 0.29) is 5.97 Å². The maximum Gasteiger partial charge on any atom is 0.338 e. The van der Waals surface area contributed by atoms with Crippen molar-refractivity contribution in [3.05, 3.63) is 76.9 Å². The van der Waals surface area contributed by atoms with E-state index in [9.17, 15) is 4.79 Å². The molecule has 0 bridgehead atoms. The molecule has 0 atom stereocenters. The van der Waals surface area contributed by atoms with Gasteiger partial charge in [-0.05, 0) is 56.2 Å². The van der Waals surface area contributed by atoms with Gasteiger partial charge in [-0.1, -0.05) is 48.1 Å². The molecule has 0 heterocycles. The molecule has 0 saturated heterocycles. The number of ether oxygens (including phenoxy) is 1. The molecule has 0 aliphatic heterocycles. The molecule has 0 unspecified atom stereocenters. The SMILES string of the molecule is CCOC(=O)c1ccc(/C=C/c2ccc(SCC=C(C)C)cc2)cc1. The third-order valence-electron chi connectivity index (χ3n) is 3.51. The highest BCUT2D eigenvalue weighted by atomic mass is 32.2. The molecule has 0 spiro atoms. The number of hydrogen-bond donors (Lipinski definition) is 0. The summed E-state index contributed by atoms with van der Waals surface area (Å²) in [7, 11) is 0. The van der Waals surface area contributed by atoms with Crippen LogP contribution in [0.3, 0.4) is 0 Å². The lowest BCUT2D eigenvalue weighted by molar-refractivity contribution is 0.0526. The average molecular weight is 352 g/mol. The summed E-state index contributed by atoms with van der Waals surface area (Å²) < 4.78 is 4.99. The van der Waals surface area contributed by atoms with Crippen LogP contribution in [0.15, 0.2) is 65.1 Å². The van der Waals surface area contributed by atoms with E-state index < -0.39 is 0 Å². The van der Waals surface area contributed by atoms with Gasteiger partial charge in [-0.15, -0.1) is 11.8 Å². The molecule has 3 heteroatoms. The van der Waals surface area contributed by atoms with Crippen molar-refractivity contribution in [3.63, 3.8) is 0 Å². The normalized spacial score (nSPS) is 10.7. The summed E-state index contributed by atoms with van der Waals surface area (Å²) in [5.74, 6) is 0.726. The fraction of sp³-hybridized carbons (Fsp3) is 0.227. The Morgan fingerprint density at radius 1 is 0.960 bits per heavy atom. The first-order valence-corrected chi connectivity index (χ1v) is 9.38. The first-order valence-electron chi connectivity index (χ1n) is 8.40. The molecule has 2 nitrogen and oxygen atoms in total. The number of benzene rings is 2. The molecule has 0 amide bonds. The smallest absolute Gasteiger partial charge is 0.338 e. The summed E-state index contributed by atoms with van der Waals surface area (Å²) in [5.41, 5.74) is 4.13. The average Bonchev–Trinajstić information content (AvgIpc) is 2.61. The molecule has 2 aromatic rings. The summed E-state index contributed by atoms with van der Waals surface area (Å²) in [6, 6.07) is 16.0. The van der Waals surface area contributed by atoms with Gasteiger partial charge in [-0.2, -0.15) is 0 Å². The molecule has 0 fully saturated rings. The fourth-order valence-corrected chi connectivity index (χ4v) is 3.05. The van der Waals surface area contributed by atoms with Crippen LogP contribution in [0, 0.1) is 0 Å². The van der Waals surface area contributed by atoms with Crippen LogP contribution in [0.1, 0.15) is 42.3 Å². The molecule has 0 N–H and O–H groups in total. The van der Waals surface area contributed by atoms with Gasteiger partial charge in [0, 0.05) is 10.6 Å². The minimum atomic E-state index is -0.278. The number of allylic oxidation sites excluding steroid dienone is 1. The van der Waals surface area contributed by atoms with Crippen LogP contribution < -0.4 is 0 Å². The Kier molecular flexibility index (Phi) is 7.55. The number of esters is 1. The van der Waals surface area contributed by atoms with Gasteiger partial charge in [0.1, 0.15) is 0 Å². The number of carbonyl (C=O) groups is 1. The second-order valence-corrected chi connectivity index (χ2v) is 6.93. The summed E-state index contributed by atoms with van der Waals surface area (Å²) in [5, 5.41) is 0. The second kappa shape index (κ2) is 9.90. The standard InChI is InChI=1S/C22H24O2S/c1-4-24-22(23)20-11-7-18(8-12-20)5-6-19-9-13-21(14-10-19)25-16-15-17(2)3/h5-15H,4,16H2,1-3H3/b6-5+. The molecule has 0 aliphatic carbocycles. The maximum atomic E-state index is 11.6. The van der Waals surface area contributed by atoms with Crippen molar-refractivity contribution in [2.45, 2.75) is 25.7 Å². The number of hydrogen-bond acceptors (Lipinski definition) is 3. The minimum Gasteiger partial charge on any atom is -0.462 e. The predicted octanol–water partition coefficient (Wildman–Crippen LogP) is 6.09. The summed E-state index contributed by atoms with van der Waals surface area (Å²) in [4.78, 5) is 12.9. The quantitative estimate of drug-likeness (QED) is 0.261. The van der Waals surface area contributed by atoms with Gasteiger partial charge >= 0.3 is 5.97 Å². The predicted molar refractivity (Wildman–Crippen MR) is 108 cm³/mol. The van der Waals surface area contributed by atoms with Crippen molar-refractivity contribution in [1.82, 2.24) is 0 Å². The minimum absolute atomic E-state index is 0.278. The Balaban J connectivity index is 1.95. The van der Waals surface area contributed by atoms with Crippen LogP contribution in [0.2, 0.25) is 0 Å². The van der Waals surface area contributed by atoms with E-state index in [0.29, 0.717) is 12.2 Å². The maximum absolute atomic E-state index is 11.6. The Bertz CT molecular complexity index is 737. The number of rotatable bonds is 7. The number of carbonyl (C=O) groups excluding carboxylic acids is 1. The van der Waals surface area contributed by atoms with Crippen molar-refractivity contribution in [2.75, 3.05) is 12.4 Å². The van der Waals surface area contributed by atoms with Crippen molar-refractivity contribution < 1.29 is 9.53 Å². The van der Waals surface area contributed by atoms with E-state index in [2.05, 4.69) is 50.3 Å². The van der Waals surface area contributed by atoms with Gasteiger partial charge in [0.05, 0.1) is 12.2 Å². The van der Waals surface area contributed by atoms with Gasteiger partial charge in [0.2, 0.25) is 0 Å². The zero-order chi connectivity index (χ0) is 18.1. The van der Waals surface area contributed by atoms with Gasteiger partial charge in [0.15, 0.2) is 0 Å². The Labute approximate surface area is 154 Å². The molecule has 130 valence electrons. The Hall–Kier alpha value is -2.26. The molecule has 0 radical (unpaired) electrons. The van der Waals surface area contributed by atoms with Gasteiger partial charge in [-0.3, -0.25) is 0 Å². The van der Waals surface area contributed by atoms with Crippen LogP contribution in [-0.4, -0.2) is 18.3 Å². The lowest BCUT2D eigenvalue weighted by atomic mass is 10.1. The fourth-order valence-electron chi connectivity index (χ4n) is 2.12. The van der Waals surface area contributed by atoms with Crippen molar-refractivity contribution >= 4 is 29.9 Å². The van der Waals surface area contributed by atoms with E-state index >= 15 is 0 Å². The van der Waals surface area contributed by atoms with E-state index in [1.807, 2.05) is 30.0 Å². The third kappa shape index (κ3) is 6.63. The Morgan fingerprint density at radius 3 is 2.04 bits per heavy atom. The zero-order valence-electron chi connectivity index (χ0n) is 15.0. The van der Waals surface area contributed by atoms with Crippen molar-refractivity contribution in [1.29, 1.82) is 0 Å². The zero-order valence-corrected chi connectivity index (χ0v) is 15.8. The van der Waals surface area contributed by atoms with E-state index in [0.717, 1.165) is 16.9 Å². The molecule has 0 aliphatic rings. The molecule has 0 aromatic heterocycles. The number of thioether (sulfide) groups is 1. The summed E-state index contributed by atoms with van der Waals surface area (Å²) in [6.45, 7) is 6.44. The molecule has 2 rings (SSSR count). The topological polar surface area (TPSA) is 26.3 Å². The molecule has 2 aromatic carbocycles. The summed E-state index contributed by atoms with van der Waals surface area (Å²) in [6.07, 6.45) is 6.35. The molecule has 25 heavy (non-hydrogen) atoms. The molecule has 0 saturated carbocycles. The van der Waals surface area contributed by atoms with Crippen LogP contribution in [-0.2, 0) is 4.74 Å². The van der Waals surface area contributed by atoms with E-state index in [1.54, 1.807) is 19.1 Å². The second-order valence-electron chi connectivity index (χ2n) is 5.84. The monoisotopic (exact) mass is 352 g/mol. The lowest BCUT2D eigenvalue weighted by Crippen LogP contribution is -2.03. The highest BCUT2D eigenvalue weighted by Crippen LogP contribution is 2.20. The van der Waals surface area contributed by atoms with Crippen molar-refractivity contribution in [2.24, 2.45) is 0 Å². The van der Waals surface area contributed by atoms with E-state index in [4.69, 9.17) is 4.74 Å². The van der Waals surface area contributed by atoms with Crippen LogP contribution in [0.5, 0.6) is 0 Å². The third-order valence-corrected chi connectivity index (χ3v) is 4.45. The molecular formula is C22H24O2S. The first-order chi connectivity index (χ1) is 12.1. The van der Waals surface area contributed by atoms with Crippen LogP contribution in [0.25, 0.3) is 12.2 Å². The summed E-state index contributed by atoms with van der Waals surface area (Å²) >= 11 is 1.84. The highest BCUT2D eigenvalue weighted by molar-refractivity contribution is 7.99. The van der Waals surface area contributed by atoms with Gasteiger partial charge in [0.25, 0.3) is 0 Å². The largest absolute Gasteiger partial charge is 0.462 e. The van der Waals surface area contributed by atoms with Crippen LogP contribution >= 0.6 is 11.8 Å². The van der Waals surface area contributed by atoms with Crippen LogP contribution in [0.4, 0.5) is 0 Å². The van der Waals surface area contributed by atoms with Gasteiger partial charge in [-0.25, -0.2) is 4.79 Å². The highest BCUT2D eigenvalue weighted by Gasteiger charge is 2.04. The van der Waals surface area contributed by atoms with E-state index in [1.165, 1.54) is 10.5 Å². The van der Waals surface area contributed by atoms with Gasteiger partial charge < -0.3 is 4.74 Å².